The number of alkyl halides is 2. The first-order valence-electron chi connectivity index (χ1n) is 12.1. The van der Waals surface area contributed by atoms with Crippen LogP contribution >= 0.6 is 0 Å². The number of carbonyl (C=O) groups excluding carboxylic acids is 2. The molecule has 0 aliphatic heterocycles. The van der Waals surface area contributed by atoms with Crippen LogP contribution in [-0.4, -0.2) is 36.4 Å². The van der Waals surface area contributed by atoms with Crippen LogP contribution in [0, 0.1) is 0 Å². The maximum Gasteiger partial charge on any atom is 0.349 e. The monoisotopic (exact) mass is 489 g/mol. The second-order valence-corrected chi connectivity index (χ2v) is 9.23. The third kappa shape index (κ3) is 7.77. The van der Waals surface area contributed by atoms with Crippen LogP contribution in [0.25, 0.3) is 0 Å². The molecule has 0 radical (unpaired) electrons. The van der Waals surface area contributed by atoms with Crippen LogP contribution in [0.5, 0.6) is 5.75 Å². The van der Waals surface area contributed by atoms with Gasteiger partial charge in [-0.15, -0.1) is 0 Å². The van der Waals surface area contributed by atoms with Crippen molar-refractivity contribution in [3.05, 3.63) is 65.7 Å². The first kappa shape index (κ1) is 28.3. The number of halogens is 2. The van der Waals surface area contributed by atoms with Gasteiger partial charge in [-0.05, 0) is 50.5 Å². The number of amides is 1. The first-order chi connectivity index (χ1) is 16.5. The Hall–Kier alpha value is -2.96. The van der Waals surface area contributed by atoms with Crippen molar-refractivity contribution >= 4 is 11.9 Å². The van der Waals surface area contributed by atoms with Gasteiger partial charge in [-0.1, -0.05) is 55.8 Å². The van der Waals surface area contributed by atoms with E-state index in [0.29, 0.717) is 29.7 Å². The Morgan fingerprint density at radius 1 is 0.943 bits per heavy atom. The molecule has 0 saturated carbocycles. The SMILES string of the molecule is CCCC(F)CC(F)CC(NC(C)=O)(c1ccccc1)c1ccc(OC(C)(C)C(=O)OCC)cc1. The number of esters is 1. The molecule has 0 aliphatic rings. The summed E-state index contributed by atoms with van der Waals surface area (Å²) in [6.07, 6.45) is -2.18. The van der Waals surface area contributed by atoms with E-state index >= 15 is 4.39 Å². The Kier molecular flexibility index (Phi) is 10.2. The minimum absolute atomic E-state index is 0.130. The van der Waals surface area contributed by atoms with Crippen molar-refractivity contribution in [2.75, 3.05) is 6.61 Å². The fraction of sp³-hybridized carbons (Fsp3) is 0.500. The molecular weight excluding hydrogens is 452 g/mol. The van der Waals surface area contributed by atoms with Crippen molar-refractivity contribution in [1.82, 2.24) is 5.32 Å². The summed E-state index contributed by atoms with van der Waals surface area (Å²) in [6, 6.07) is 15.9. The maximum atomic E-state index is 15.3. The number of carbonyl (C=O) groups is 2. The molecule has 2 aromatic carbocycles. The van der Waals surface area contributed by atoms with Crippen molar-refractivity contribution in [1.29, 1.82) is 0 Å². The molecule has 2 aromatic rings. The standard InChI is InChI=1S/C28H37F2NO4/c1-6-11-23(29)18-24(30)19-28(31-20(3)32,21-12-9-8-10-13-21)22-14-16-25(17-15-22)35-27(4,5)26(33)34-7-2/h8-10,12-17,23-24H,6-7,11,18-19H2,1-5H3,(H,31,32). The fourth-order valence-corrected chi connectivity index (χ4v) is 4.19. The number of hydrogen-bond acceptors (Lipinski definition) is 4. The molecule has 0 heterocycles. The van der Waals surface area contributed by atoms with E-state index in [-0.39, 0.29) is 25.4 Å². The lowest BCUT2D eigenvalue weighted by Gasteiger charge is -2.37. The zero-order valence-electron chi connectivity index (χ0n) is 21.3. The van der Waals surface area contributed by atoms with Gasteiger partial charge in [0.25, 0.3) is 0 Å². The number of rotatable bonds is 13. The third-order valence-corrected chi connectivity index (χ3v) is 5.78. The molecule has 0 bridgehead atoms. The van der Waals surface area contributed by atoms with E-state index in [1.54, 1.807) is 45.0 Å². The second kappa shape index (κ2) is 12.7. The minimum atomic E-state index is -1.48. The van der Waals surface area contributed by atoms with Gasteiger partial charge in [0.1, 0.15) is 18.1 Å². The van der Waals surface area contributed by atoms with Crippen LogP contribution in [0.2, 0.25) is 0 Å². The molecule has 192 valence electrons. The Morgan fingerprint density at radius 3 is 2.09 bits per heavy atom. The van der Waals surface area contributed by atoms with Crippen LogP contribution < -0.4 is 10.1 Å². The summed E-state index contributed by atoms with van der Waals surface area (Å²) in [5.74, 6) is -0.413. The summed E-state index contributed by atoms with van der Waals surface area (Å²) in [5.41, 5.74) is -1.11. The highest BCUT2D eigenvalue weighted by atomic mass is 19.1. The van der Waals surface area contributed by atoms with E-state index in [0.717, 1.165) is 0 Å². The molecule has 5 nitrogen and oxygen atoms in total. The fourth-order valence-electron chi connectivity index (χ4n) is 4.19. The molecule has 0 spiro atoms. The molecule has 1 N–H and O–H groups in total. The Bertz CT molecular complexity index is 949. The van der Waals surface area contributed by atoms with Crippen LogP contribution in [-0.2, 0) is 19.9 Å². The molecule has 2 rings (SSSR count). The lowest BCUT2D eigenvalue weighted by molar-refractivity contribution is -0.158. The van der Waals surface area contributed by atoms with Gasteiger partial charge in [0.15, 0.2) is 5.60 Å². The summed E-state index contributed by atoms with van der Waals surface area (Å²) >= 11 is 0. The molecule has 0 fully saturated rings. The predicted octanol–water partition coefficient (Wildman–Crippen LogP) is 6.04. The predicted molar refractivity (Wildman–Crippen MR) is 133 cm³/mol. The summed E-state index contributed by atoms with van der Waals surface area (Å²) < 4.78 is 40.4. The average molecular weight is 490 g/mol. The number of hydrogen-bond donors (Lipinski definition) is 1. The van der Waals surface area contributed by atoms with E-state index in [2.05, 4.69) is 5.32 Å². The van der Waals surface area contributed by atoms with Gasteiger partial charge >= 0.3 is 5.97 Å². The lowest BCUT2D eigenvalue weighted by Crippen LogP contribution is -2.48. The van der Waals surface area contributed by atoms with Crippen molar-refractivity contribution in [2.45, 2.75) is 83.8 Å². The Morgan fingerprint density at radius 2 is 1.54 bits per heavy atom. The highest BCUT2D eigenvalue weighted by Gasteiger charge is 2.39. The molecule has 7 heteroatoms. The van der Waals surface area contributed by atoms with Crippen LogP contribution in [0.15, 0.2) is 54.6 Å². The average Bonchev–Trinajstić information content (AvgIpc) is 2.79. The van der Waals surface area contributed by atoms with Crippen molar-refractivity contribution in [3.8, 4) is 5.75 Å². The quantitative estimate of drug-likeness (QED) is 0.348. The van der Waals surface area contributed by atoms with E-state index in [1.165, 1.54) is 6.92 Å². The van der Waals surface area contributed by atoms with Crippen molar-refractivity contribution in [3.63, 3.8) is 0 Å². The molecule has 0 saturated heterocycles. The molecule has 3 unspecified atom stereocenters. The number of ether oxygens (including phenoxy) is 2. The van der Waals surface area contributed by atoms with Gasteiger partial charge in [-0.25, -0.2) is 13.6 Å². The molecular formula is C28H37F2NO4. The van der Waals surface area contributed by atoms with Crippen LogP contribution in [0.1, 0.15) is 71.4 Å². The number of nitrogens with one attached hydrogen (secondary N) is 1. The van der Waals surface area contributed by atoms with Crippen molar-refractivity contribution in [2.24, 2.45) is 0 Å². The van der Waals surface area contributed by atoms with E-state index in [1.807, 2.05) is 37.3 Å². The first-order valence-corrected chi connectivity index (χ1v) is 12.1. The molecule has 35 heavy (non-hydrogen) atoms. The zero-order valence-corrected chi connectivity index (χ0v) is 21.3. The molecule has 3 atom stereocenters. The summed E-state index contributed by atoms with van der Waals surface area (Å²) in [6.45, 7) is 8.42. The van der Waals surface area contributed by atoms with E-state index < -0.39 is 29.5 Å². The van der Waals surface area contributed by atoms with Crippen LogP contribution in [0.3, 0.4) is 0 Å². The molecule has 0 aromatic heterocycles. The van der Waals surface area contributed by atoms with Gasteiger partial charge in [0.05, 0.1) is 12.1 Å². The Labute approximate surface area is 207 Å². The van der Waals surface area contributed by atoms with Gasteiger partial charge in [0, 0.05) is 19.8 Å². The Balaban J connectivity index is 2.45. The summed E-state index contributed by atoms with van der Waals surface area (Å²) in [7, 11) is 0. The highest BCUT2D eigenvalue weighted by molar-refractivity contribution is 5.79. The highest BCUT2D eigenvalue weighted by Crippen LogP contribution is 2.37. The summed E-state index contributed by atoms with van der Waals surface area (Å²) in [5, 5.41) is 2.95. The number of benzene rings is 2. The normalized spacial score (nSPS) is 14.9. The van der Waals surface area contributed by atoms with E-state index in [4.69, 9.17) is 9.47 Å². The largest absolute Gasteiger partial charge is 0.476 e. The topological polar surface area (TPSA) is 64.6 Å². The maximum absolute atomic E-state index is 15.3. The molecule has 0 aliphatic carbocycles. The van der Waals surface area contributed by atoms with Crippen LogP contribution in [0.4, 0.5) is 8.78 Å². The second-order valence-electron chi connectivity index (χ2n) is 9.23. The lowest BCUT2D eigenvalue weighted by atomic mass is 9.77. The third-order valence-electron chi connectivity index (χ3n) is 5.78. The molecule has 1 amide bonds. The van der Waals surface area contributed by atoms with Gasteiger partial charge in [0.2, 0.25) is 5.91 Å². The zero-order chi connectivity index (χ0) is 26.1. The van der Waals surface area contributed by atoms with E-state index in [9.17, 15) is 14.0 Å². The summed E-state index contributed by atoms with van der Waals surface area (Å²) in [4.78, 5) is 24.5. The minimum Gasteiger partial charge on any atom is -0.476 e. The van der Waals surface area contributed by atoms with Gasteiger partial charge in [-0.3, -0.25) is 4.79 Å². The van der Waals surface area contributed by atoms with Gasteiger partial charge < -0.3 is 14.8 Å². The smallest absolute Gasteiger partial charge is 0.349 e. The van der Waals surface area contributed by atoms with Gasteiger partial charge in [-0.2, -0.15) is 0 Å². The van der Waals surface area contributed by atoms with Crippen molar-refractivity contribution < 1.29 is 27.8 Å².